The van der Waals surface area contributed by atoms with E-state index in [1.807, 2.05) is 0 Å². The summed E-state index contributed by atoms with van der Waals surface area (Å²) >= 11 is 0. The Kier molecular flexibility index (Phi) is 10.7. The van der Waals surface area contributed by atoms with Gasteiger partial charge in [0.2, 0.25) is 0 Å². The Morgan fingerprint density at radius 2 is 0.952 bits per heavy atom. The van der Waals surface area contributed by atoms with Gasteiger partial charge in [0.1, 0.15) is 0 Å². The molecule has 0 saturated heterocycles. The molecule has 8 nitrogen and oxygen atoms in total. The van der Waals surface area contributed by atoms with Gasteiger partial charge in [0.25, 0.3) is 0 Å². The van der Waals surface area contributed by atoms with Crippen LogP contribution in [-0.4, -0.2) is 52.3 Å². The summed E-state index contributed by atoms with van der Waals surface area (Å²) in [5.74, 6) is -5.40. The van der Waals surface area contributed by atoms with Gasteiger partial charge >= 0.3 is 23.9 Å². The second-order valence-corrected chi connectivity index (χ2v) is 3.82. The van der Waals surface area contributed by atoms with Crippen molar-refractivity contribution in [3.05, 3.63) is 0 Å². The fourth-order valence-corrected chi connectivity index (χ4v) is 1.61. The van der Waals surface area contributed by atoms with Crippen molar-refractivity contribution in [3.63, 3.8) is 0 Å². The van der Waals surface area contributed by atoms with Gasteiger partial charge in [-0.25, -0.2) is 0 Å². The Hall–Kier alpha value is -2.12. The highest BCUT2D eigenvalue weighted by Gasteiger charge is 2.39. The summed E-state index contributed by atoms with van der Waals surface area (Å²) < 4.78 is 18.0. The van der Waals surface area contributed by atoms with Gasteiger partial charge in [-0.1, -0.05) is 7.43 Å². The molecule has 0 fully saturated rings. The molecule has 0 aromatic carbocycles. The molecule has 0 aromatic rings. The van der Waals surface area contributed by atoms with Crippen LogP contribution >= 0.6 is 0 Å². The molecule has 8 heteroatoms. The topological polar surface area (TPSA) is 105 Å². The van der Waals surface area contributed by atoms with E-state index in [0.29, 0.717) is 0 Å². The van der Waals surface area contributed by atoms with Gasteiger partial charge in [0, 0.05) is 0 Å². The molecule has 0 amide bonds. The molecule has 0 bridgehead atoms. The first-order valence-electron chi connectivity index (χ1n) is 5.70. The summed E-state index contributed by atoms with van der Waals surface area (Å²) in [4.78, 5) is 46.0. The zero-order valence-electron chi connectivity index (χ0n) is 11.8. The maximum absolute atomic E-state index is 11.7. The lowest BCUT2D eigenvalue weighted by Crippen LogP contribution is -2.35. The lowest BCUT2D eigenvalue weighted by Gasteiger charge is -2.21. The summed E-state index contributed by atoms with van der Waals surface area (Å²) in [7, 11) is 4.51. The summed E-state index contributed by atoms with van der Waals surface area (Å²) in [5.41, 5.74) is 0. The van der Waals surface area contributed by atoms with Crippen LogP contribution in [0.1, 0.15) is 20.3 Å². The monoisotopic (exact) mass is 306 g/mol. The lowest BCUT2D eigenvalue weighted by molar-refractivity contribution is -0.164. The first-order valence-corrected chi connectivity index (χ1v) is 5.70. The Morgan fingerprint density at radius 1 is 0.667 bits per heavy atom. The van der Waals surface area contributed by atoms with E-state index in [2.05, 4.69) is 18.9 Å². The van der Waals surface area contributed by atoms with Crippen molar-refractivity contribution in [1.29, 1.82) is 0 Å². The Morgan fingerprint density at radius 3 is 1.14 bits per heavy atom. The number of rotatable bonds is 7. The summed E-state index contributed by atoms with van der Waals surface area (Å²) in [5, 5.41) is 0. The third kappa shape index (κ3) is 6.73. The van der Waals surface area contributed by atoms with E-state index in [4.69, 9.17) is 0 Å². The lowest BCUT2D eigenvalue weighted by atomic mass is 9.86. The van der Waals surface area contributed by atoms with E-state index in [1.165, 1.54) is 0 Å². The minimum atomic E-state index is -1.18. The van der Waals surface area contributed by atoms with Crippen molar-refractivity contribution in [2.24, 2.45) is 11.8 Å². The van der Waals surface area contributed by atoms with Gasteiger partial charge in [-0.05, 0) is 0 Å². The molecule has 0 aliphatic heterocycles. The maximum Gasteiger partial charge on any atom is 0.310 e. The second kappa shape index (κ2) is 10.6. The van der Waals surface area contributed by atoms with E-state index in [-0.39, 0.29) is 7.43 Å². The zero-order valence-corrected chi connectivity index (χ0v) is 11.8. The summed E-state index contributed by atoms with van der Waals surface area (Å²) in [6.45, 7) is 0. The molecule has 0 saturated carbocycles. The third-order valence-electron chi connectivity index (χ3n) is 2.72. The number of esters is 4. The number of hydrogen-bond acceptors (Lipinski definition) is 8. The van der Waals surface area contributed by atoms with Crippen molar-refractivity contribution in [3.8, 4) is 0 Å². The van der Waals surface area contributed by atoms with Crippen LogP contribution in [0.15, 0.2) is 0 Å². The Bertz CT molecular complexity index is 340. The fraction of sp³-hybridized carbons (Fsp3) is 0.692. The smallest absolute Gasteiger partial charge is 0.310 e. The maximum atomic E-state index is 11.7. The molecule has 2 atom stereocenters. The average molecular weight is 306 g/mol. The summed E-state index contributed by atoms with van der Waals surface area (Å²) in [6.07, 6.45) is -0.806. The van der Waals surface area contributed by atoms with Crippen LogP contribution in [0.4, 0.5) is 0 Å². The van der Waals surface area contributed by atoms with Crippen molar-refractivity contribution < 1.29 is 38.1 Å². The van der Waals surface area contributed by atoms with Crippen LogP contribution in [-0.2, 0) is 38.1 Å². The number of ether oxygens (including phenoxy) is 4. The van der Waals surface area contributed by atoms with Crippen molar-refractivity contribution in [1.82, 2.24) is 0 Å². The SMILES string of the molecule is C.COC(=O)CC(C(=O)OC)C(CC(=O)OC)C(=O)OC. The second-order valence-electron chi connectivity index (χ2n) is 3.82. The van der Waals surface area contributed by atoms with Gasteiger partial charge in [0.15, 0.2) is 0 Å². The van der Waals surface area contributed by atoms with E-state index in [1.54, 1.807) is 0 Å². The van der Waals surface area contributed by atoms with Crippen molar-refractivity contribution in [2.45, 2.75) is 20.3 Å². The fourth-order valence-electron chi connectivity index (χ4n) is 1.61. The van der Waals surface area contributed by atoms with Crippen LogP contribution in [0.25, 0.3) is 0 Å². The van der Waals surface area contributed by atoms with Gasteiger partial charge in [0.05, 0.1) is 53.1 Å². The molecular weight excluding hydrogens is 284 g/mol. The molecular formula is C13H22O8. The summed E-state index contributed by atoms with van der Waals surface area (Å²) in [6, 6.07) is 0. The number of carbonyl (C=O) groups excluding carboxylic acids is 4. The molecule has 2 unspecified atom stereocenters. The van der Waals surface area contributed by atoms with Crippen LogP contribution in [0.3, 0.4) is 0 Å². The quantitative estimate of drug-likeness (QED) is 0.489. The van der Waals surface area contributed by atoms with Crippen LogP contribution in [0, 0.1) is 11.8 Å². The zero-order chi connectivity index (χ0) is 15.7. The molecule has 0 rings (SSSR count). The number of carbonyl (C=O) groups is 4. The Balaban J connectivity index is 0. The van der Waals surface area contributed by atoms with Crippen LogP contribution < -0.4 is 0 Å². The van der Waals surface area contributed by atoms with Gasteiger partial charge in [-0.15, -0.1) is 0 Å². The predicted octanol–water partition coefficient (Wildman–Crippen LogP) is 0.327. The molecule has 0 radical (unpaired) electrons. The van der Waals surface area contributed by atoms with Crippen molar-refractivity contribution in [2.75, 3.05) is 28.4 Å². The molecule has 0 heterocycles. The van der Waals surface area contributed by atoms with E-state index < -0.39 is 48.6 Å². The third-order valence-corrected chi connectivity index (χ3v) is 2.72. The molecule has 0 aromatic heterocycles. The molecule has 122 valence electrons. The van der Waals surface area contributed by atoms with Crippen LogP contribution in [0.5, 0.6) is 0 Å². The molecule has 21 heavy (non-hydrogen) atoms. The van der Waals surface area contributed by atoms with E-state index in [0.717, 1.165) is 28.4 Å². The molecule has 0 spiro atoms. The average Bonchev–Trinajstić information content (AvgIpc) is 2.48. The number of methoxy groups -OCH3 is 4. The largest absolute Gasteiger partial charge is 0.469 e. The highest BCUT2D eigenvalue weighted by molar-refractivity contribution is 5.88. The standard InChI is InChI=1S/C12H18O8.CH4/c1-17-9(13)5-7(11(15)19-3)8(12(16)20-4)6-10(14)18-2;/h7-8H,5-6H2,1-4H3;1H4. The van der Waals surface area contributed by atoms with Gasteiger partial charge in [-0.2, -0.15) is 0 Å². The Labute approximate surface area is 123 Å². The first kappa shape index (κ1) is 21.2. The van der Waals surface area contributed by atoms with Gasteiger partial charge < -0.3 is 18.9 Å². The highest BCUT2D eigenvalue weighted by atomic mass is 16.5. The molecule has 0 aliphatic carbocycles. The molecule has 0 aliphatic rings. The first-order chi connectivity index (χ1) is 9.40. The normalized spacial score (nSPS) is 12.2. The minimum absolute atomic E-state index is 0. The van der Waals surface area contributed by atoms with Gasteiger partial charge in [-0.3, -0.25) is 19.2 Å². The minimum Gasteiger partial charge on any atom is -0.469 e. The van der Waals surface area contributed by atoms with Crippen LogP contribution in [0.2, 0.25) is 0 Å². The highest BCUT2D eigenvalue weighted by Crippen LogP contribution is 2.24. The number of hydrogen-bond donors (Lipinski definition) is 0. The van der Waals surface area contributed by atoms with E-state index >= 15 is 0 Å². The van der Waals surface area contributed by atoms with Crippen molar-refractivity contribution >= 4 is 23.9 Å². The molecule has 0 N–H and O–H groups in total. The predicted molar refractivity (Wildman–Crippen MR) is 71.0 cm³/mol. The van der Waals surface area contributed by atoms with E-state index in [9.17, 15) is 19.2 Å².